The third-order valence-electron chi connectivity index (χ3n) is 2.98. The van der Waals surface area contributed by atoms with E-state index in [0.29, 0.717) is 0 Å². The molecule has 20 heavy (non-hydrogen) atoms. The summed E-state index contributed by atoms with van der Waals surface area (Å²) >= 11 is 0. The number of hydrogen-bond donors (Lipinski definition) is 2. The van der Waals surface area contributed by atoms with Crippen LogP contribution in [0.3, 0.4) is 0 Å². The first-order valence-corrected chi connectivity index (χ1v) is 6.87. The number of amides is 2. The van der Waals surface area contributed by atoms with Gasteiger partial charge < -0.3 is 10.6 Å². The van der Waals surface area contributed by atoms with E-state index < -0.39 is 6.04 Å². The third kappa shape index (κ3) is 5.69. The average molecular weight is 274 g/mol. The van der Waals surface area contributed by atoms with Crippen molar-refractivity contribution in [1.82, 2.24) is 10.6 Å². The Morgan fingerprint density at radius 1 is 1.15 bits per heavy atom. The summed E-state index contributed by atoms with van der Waals surface area (Å²) in [5.41, 5.74) is 0.944. The van der Waals surface area contributed by atoms with Crippen molar-refractivity contribution < 1.29 is 9.59 Å². The van der Waals surface area contributed by atoms with Crippen LogP contribution < -0.4 is 10.6 Å². The van der Waals surface area contributed by atoms with Gasteiger partial charge in [0.05, 0.1) is 0 Å². The zero-order valence-corrected chi connectivity index (χ0v) is 12.2. The van der Waals surface area contributed by atoms with Gasteiger partial charge in [-0.25, -0.2) is 0 Å². The Bertz CT molecular complexity index is 469. The molecule has 0 fully saturated rings. The second-order valence-electron chi connectivity index (χ2n) is 4.79. The Kier molecular flexibility index (Phi) is 6.50. The Labute approximate surface area is 120 Å². The summed E-state index contributed by atoms with van der Waals surface area (Å²) < 4.78 is 0. The van der Waals surface area contributed by atoms with Crippen LogP contribution in [0.15, 0.2) is 36.4 Å². The fourth-order valence-electron chi connectivity index (χ4n) is 1.53. The van der Waals surface area contributed by atoms with Crippen molar-refractivity contribution in [2.75, 3.05) is 0 Å². The number of nitrogens with one attached hydrogen (secondary N) is 2. The Morgan fingerprint density at radius 2 is 1.80 bits per heavy atom. The molecule has 2 N–H and O–H groups in total. The molecule has 0 bridgehead atoms. The van der Waals surface area contributed by atoms with E-state index in [-0.39, 0.29) is 17.9 Å². The van der Waals surface area contributed by atoms with Crippen molar-refractivity contribution in [3.05, 3.63) is 42.0 Å². The maximum absolute atomic E-state index is 11.8. The average Bonchev–Trinajstić information content (AvgIpc) is 2.45. The molecule has 108 valence electrons. The lowest BCUT2D eigenvalue weighted by Gasteiger charge is -2.16. The number of carbonyl (C=O) groups is 2. The molecule has 1 aromatic rings. The van der Waals surface area contributed by atoms with E-state index in [2.05, 4.69) is 10.6 Å². The van der Waals surface area contributed by atoms with E-state index in [4.69, 9.17) is 0 Å². The predicted octanol–water partition coefficient (Wildman–Crippen LogP) is 2.12. The molecule has 4 heteroatoms. The highest BCUT2D eigenvalue weighted by molar-refractivity contribution is 5.95. The fraction of sp³-hybridized carbons (Fsp3) is 0.375. The van der Waals surface area contributed by atoms with Gasteiger partial charge in [-0.15, -0.1) is 0 Å². The lowest BCUT2D eigenvalue weighted by Crippen LogP contribution is -2.46. The topological polar surface area (TPSA) is 58.2 Å². The smallest absolute Gasteiger partial charge is 0.244 e. The normalized spacial score (nSPS) is 13.8. The minimum Gasteiger partial charge on any atom is -0.352 e. The summed E-state index contributed by atoms with van der Waals surface area (Å²) in [6.45, 7) is 5.60. The van der Waals surface area contributed by atoms with Crippen molar-refractivity contribution in [3.63, 3.8) is 0 Å². The molecule has 0 aliphatic rings. The van der Waals surface area contributed by atoms with Crippen LogP contribution in [-0.4, -0.2) is 23.9 Å². The molecule has 2 atom stereocenters. The van der Waals surface area contributed by atoms with Gasteiger partial charge in [0.25, 0.3) is 0 Å². The van der Waals surface area contributed by atoms with E-state index in [1.165, 1.54) is 6.08 Å². The molecule has 0 aromatic heterocycles. The van der Waals surface area contributed by atoms with Gasteiger partial charge in [0.2, 0.25) is 11.8 Å². The zero-order valence-electron chi connectivity index (χ0n) is 12.2. The molecule has 0 saturated carbocycles. The van der Waals surface area contributed by atoms with Gasteiger partial charge in [0.1, 0.15) is 6.04 Å². The van der Waals surface area contributed by atoms with Gasteiger partial charge in [0, 0.05) is 12.1 Å². The first kappa shape index (κ1) is 16.0. The Morgan fingerprint density at radius 3 is 2.40 bits per heavy atom. The summed E-state index contributed by atoms with van der Waals surface area (Å²) in [6, 6.07) is 9.10. The maximum Gasteiger partial charge on any atom is 0.244 e. The van der Waals surface area contributed by atoms with Crippen LogP contribution in [0.25, 0.3) is 6.08 Å². The quantitative estimate of drug-likeness (QED) is 0.781. The molecular formula is C16H22N2O2. The van der Waals surface area contributed by atoms with Gasteiger partial charge in [0.15, 0.2) is 0 Å². The number of rotatable bonds is 6. The van der Waals surface area contributed by atoms with Crippen LogP contribution in [0.5, 0.6) is 0 Å². The van der Waals surface area contributed by atoms with Gasteiger partial charge >= 0.3 is 0 Å². The lowest BCUT2D eigenvalue weighted by molar-refractivity contribution is -0.127. The van der Waals surface area contributed by atoms with Crippen molar-refractivity contribution >= 4 is 17.9 Å². The second-order valence-corrected chi connectivity index (χ2v) is 4.79. The minimum absolute atomic E-state index is 0.113. The second kappa shape index (κ2) is 8.15. The van der Waals surface area contributed by atoms with Crippen LogP contribution in [0.1, 0.15) is 32.8 Å². The highest BCUT2D eigenvalue weighted by Crippen LogP contribution is 2.00. The first-order valence-electron chi connectivity index (χ1n) is 6.87. The van der Waals surface area contributed by atoms with Gasteiger partial charge in [-0.3, -0.25) is 9.59 Å². The van der Waals surface area contributed by atoms with Crippen molar-refractivity contribution in [3.8, 4) is 0 Å². The Hall–Kier alpha value is -2.10. The summed E-state index contributed by atoms with van der Waals surface area (Å²) in [5, 5.41) is 5.47. The highest BCUT2D eigenvalue weighted by Gasteiger charge is 2.15. The predicted molar refractivity (Wildman–Crippen MR) is 81.0 cm³/mol. The molecule has 2 amide bonds. The maximum atomic E-state index is 11.8. The van der Waals surface area contributed by atoms with Gasteiger partial charge in [-0.1, -0.05) is 37.3 Å². The minimum atomic E-state index is -0.545. The van der Waals surface area contributed by atoms with Crippen molar-refractivity contribution in [1.29, 1.82) is 0 Å². The van der Waals surface area contributed by atoms with Crippen molar-refractivity contribution in [2.45, 2.75) is 39.3 Å². The first-order chi connectivity index (χ1) is 9.52. The van der Waals surface area contributed by atoms with Crippen LogP contribution in [0.2, 0.25) is 0 Å². The molecule has 1 aromatic carbocycles. The number of benzene rings is 1. The van der Waals surface area contributed by atoms with E-state index in [0.717, 1.165) is 12.0 Å². The molecule has 0 saturated heterocycles. The van der Waals surface area contributed by atoms with Crippen molar-refractivity contribution in [2.24, 2.45) is 0 Å². The van der Waals surface area contributed by atoms with Crippen LogP contribution >= 0.6 is 0 Å². The number of hydrogen-bond acceptors (Lipinski definition) is 2. The van der Waals surface area contributed by atoms with Crippen LogP contribution in [0, 0.1) is 0 Å². The van der Waals surface area contributed by atoms with Gasteiger partial charge in [-0.05, 0) is 31.9 Å². The summed E-state index contributed by atoms with van der Waals surface area (Å²) in [5.74, 6) is -0.443. The van der Waals surface area contributed by atoms with E-state index in [1.54, 1.807) is 13.0 Å². The summed E-state index contributed by atoms with van der Waals surface area (Å²) in [6.07, 6.45) is 4.01. The van der Waals surface area contributed by atoms with Crippen LogP contribution in [0.4, 0.5) is 0 Å². The molecule has 4 nitrogen and oxygen atoms in total. The van der Waals surface area contributed by atoms with Gasteiger partial charge in [-0.2, -0.15) is 0 Å². The van der Waals surface area contributed by atoms with Crippen LogP contribution in [-0.2, 0) is 9.59 Å². The molecule has 0 radical (unpaired) electrons. The molecule has 2 unspecified atom stereocenters. The highest BCUT2D eigenvalue weighted by atomic mass is 16.2. The number of carbonyl (C=O) groups excluding carboxylic acids is 2. The standard InChI is InChI=1S/C16H22N2O2/c1-4-12(2)17-16(20)13(3)18-15(19)11-10-14-8-6-5-7-9-14/h5-13H,4H2,1-3H3,(H,17,20)(H,18,19)/b11-10+. The van der Waals surface area contributed by atoms with E-state index in [9.17, 15) is 9.59 Å². The molecule has 0 heterocycles. The molecule has 1 rings (SSSR count). The largest absolute Gasteiger partial charge is 0.352 e. The molecular weight excluding hydrogens is 252 g/mol. The third-order valence-corrected chi connectivity index (χ3v) is 2.98. The lowest BCUT2D eigenvalue weighted by atomic mass is 10.2. The molecule has 0 aliphatic heterocycles. The fourth-order valence-corrected chi connectivity index (χ4v) is 1.53. The monoisotopic (exact) mass is 274 g/mol. The van der Waals surface area contributed by atoms with E-state index in [1.807, 2.05) is 44.2 Å². The summed E-state index contributed by atoms with van der Waals surface area (Å²) in [4.78, 5) is 23.5. The van der Waals surface area contributed by atoms with E-state index >= 15 is 0 Å². The molecule has 0 spiro atoms. The Balaban J connectivity index is 2.45. The SMILES string of the molecule is CCC(C)NC(=O)C(C)NC(=O)/C=C/c1ccccc1. The zero-order chi connectivity index (χ0) is 15.0. The molecule has 0 aliphatic carbocycles. The summed E-state index contributed by atoms with van der Waals surface area (Å²) in [7, 11) is 0.